The first-order valence-corrected chi connectivity index (χ1v) is 8.02. The van der Waals surface area contributed by atoms with E-state index >= 15 is 0 Å². The van der Waals surface area contributed by atoms with Crippen LogP contribution in [-0.2, 0) is 10.0 Å². The van der Waals surface area contributed by atoms with E-state index in [1.807, 2.05) is 4.72 Å². The third kappa shape index (κ3) is 3.16. The second-order valence-electron chi connectivity index (χ2n) is 4.32. The molecule has 0 saturated heterocycles. The van der Waals surface area contributed by atoms with Crippen LogP contribution in [-0.4, -0.2) is 8.42 Å². The molecule has 0 aromatic heterocycles. The molecule has 0 amide bonds. The third-order valence-electron chi connectivity index (χ3n) is 2.87. The van der Waals surface area contributed by atoms with Gasteiger partial charge in [0.1, 0.15) is 11.6 Å². The maximum atomic E-state index is 13.7. The third-order valence-corrected chi connectivity index (χ3v) is 4.99. The zero-order valence-corrected chi connectivity index (χ0v) is 13.2. The maximum absolute atomic E-state index is 13.7. The molecule has 0 heterocycles. The molecule has 0 bridgehead atoms. The number of rotatable bonds is 3. The Morgan fingerprint density at radius 2 is 1.86 bits per heavy atom. The van der Waals surface area contributed by atoms with Crippen LogP contribution in [0.25, 0.3) is 0 Å². The fraction of sp³-hybridized carbons (Fsp3) is 0.0769. The van der Waals surface area contributed by atoms with Gasteiger partial charge in [0.05, 0.1) is 15.1 Å². The summed E-state index contributed by atoms with van der Waals surface area (Å²) in [6, 6.07) is 5.96. The van der Waals surface area contributed by atoms with Gasteiger partial charge in [-0.25, -0.2) is 17.2 Å². The molecule has 0 fully saturated rings. The molecular weight excluding hydrogens is 366 g/mol. The number of benzene rings is 2. The van der Waals surface area contributed by atoms with Crippen molar-refractivity contribution in [3.63, 3.8) is 0 Å². The molecule has 0 unspecified atom stereocenters. The van der Waals surface area contributed by atoms with Crippen molar-refractivity contribution in [1.82, 2.24) is 0 Å². The minimum absolute atomic E-state index is 0.0924. The molecule has 21 heavy (non-hydrogen) atoms. The quantitative estimate of drug-likeness (QED) is 0.636. The van der Waals surface area contributed by atoms with Gasteiger partial charge in [-0.3, -0.25) is 4.72 Å². The average Bonchev–Trinajstić information content (AvgIpc) is 2.38. The van der Waals surface area contributed by atoms with Gasteiger partial charge < -0.3 is 5.73 Å². The first-order chi connectivity index (χ1) is 9.72. The highest BCUT2D eigenvalue weighted by atomic mass is 79.9. The van der Waals surface area contributed by atoms with Gasteiger partial charge in [-0.05, 0) is 46.6 Å². The van der Waals surface area contributed by atoms with Gasteiger partial charge in [0, 0.05) is 11.8 Å². The lowest BCUT2D eigenvalue weighted by molar-refractivity contribution is 0.591. The van der Waals surface area contributed by atoms with Crippen molar-refractivity contribution in [2.24, 2.45) is 0 Å². The summed E-state index contributed by atoms with van der Waals surface area (Å²) in [5.41, 5.74) is 5.81. The molecule has 8 heteroatoms. The Hall–Kier alpha value is -1.67. The summed E-state index contributed by atoms with van der Waals surface area (Å²) in [5.74, 6) is -1.67. The minimum atomic E-state index is -4.07. The van der Waals surface area contributed by atoms with Gasteiger partial charge in [-0.15, -0.1) is 0 Å². The number of hydrogen-bond donors (Lipinski definition) is 2. The van der Waals surface area contributed by atoms with Crippen LogP contribution < -0.4 is 10.5 Å². The van der Waals surface area contributed by atoms with Crippen molar-refractivity contribution in [3.8, 4) is 0 Å². The monoisotopic (exact) mass is 376 g/mol. The van der Waals surface area contributed by atoms with Crippen molar-refractivity contribution in [3.05, 3.63) is 52.0 Å². The zero-order valence-electron chi connectivity index (χ0n) is 10.8. The van der Waals surface area contributed by atoms with Crippen LogP contribution in [0.5, 0.6) is 0 Å². The van der Waals surface area contributed by atoms with E-state index in [9.17, 15) is 17.2 Å². The number of nitrogen functional groups attached to an aromatic ring is 1. The Balaban J connectivity index is 2.47. The van der Waals surface area contributed by atoms with Crippen LogP contribution in [0.3, 0.4) is 0 Å². The molecule has 0 saturated carbocycles. The van der Waals surface area contributed by atoms with E-state index in [-0.39, 0.29) is 9.37 Å². The van der Waals surface area contributed by atoms with E-state index in [0.29, 0.717) is 11.3 Å². The van der Waals surface area contributed by atoms with E-state index in [1.54, 1.807) is 6.07 Å². The summed E-state index contributed by atoms with van der Waals surface area (Å²) in [7, 11) is -4.07. The largest absolute Gasteiger partial charge is 0.398 e. The highest BCUT2D eigenvalue weighted by molar-refractivity contribution is 9.10. The standard InChI is InChI=1S/C13H11BrF2N2O2S/c1-7-11(17)3-2-4-13(7)21(19,20)18-12-6-9(15)8(14)5-10(12)16/h2-6,18H,17H2,1H3. The highest BCUT2D eigenvalue weighted by Crippen LogP contribution is 2.27. The summed E-state index contributed by atoms with van der Waals surface area (Å²) in [5, 5.41) is 0. The van der Waals surface area contributed by atoms with E-state index in [4.69, 9.17) is 5.73 Å². The van der Waals surface area contributed by atoms with E-state index in [0.717, 1.165) is 12.1 Å². The molecule has 4 nitrogen and oxygen atoms in total. The first-order valence-electron chi connectivity index (χ1n) is 5.75. The molecular formula is C13H11BrF2N2O2S. The molecule has 0 atom stereocenters. The number of nitrogens with one attached hydrogen (secondary N) is 1. The maximum Gasteiger partial charge on any atom is 0.262 e. The molecule has 0 aliphatic rings. The number of anilines is 2. The molecule has 2 aromatic rings. The second-order valence-corrected chi connectivity index (χ2v) is 6.83. The van der Waals surface area contributed by atoms with Crippen LogP contribution in [0.2, 0.25) is 0 Å². The Morgan fingerprint density at radius 1 is 1.19 bits per heavy atom. The van der Waals surface area contributed by atoms with Gasteiger partial charge in [0.2, 0.25) is 0 Å². The summed E-state index contributed by atoms with van der Waals surface area (Å²) < 4.78 is 53.6. The molecule has 0 aliphatic heterocycles. The molecule has 3 N–H and O–H groups in total. The summed E-state index contributed by atoms with van der Waals surface area (Å²) in [6.07, 6.45) is 0. The van der Waals surface area contributed by atoms with Crippen molar-refractivity contribution >= 4 is 37.3 Å². The summed E-state index contributed by atoms with van der Waals surface area (Å²) >= 11 is 2.82. The van der Waals surface area contributed by atoms with Crippen LogP contribution in [0.4, 0.5) is 20.2 Å². The number of hydrogen-bond acceptors (Lipinski definition) is 3. The molecule has 0 aliphatic carbocycles. The van der Waals surface area contributed by atoms with Crippen LogP contribution in [0.15, 0.2) is 39.7 Å². The summed E-state index contributed by atoms with van der Waals surface area (Å²) in [6.45, 7) is 1.53. The summed E-state index contributed by atoms with van der Waals surface area (Å²) in [4.78, 5) is -0.0924. The highest BCUT2D eigenvalue weighted by Gasteiger charge is 2.20. The smallest absolute Gasteiger partial charge is 0.262 e. The fourth-order valence-corrected chi connectivity index (χ4v) is 3.37. The van der Waals surface area contributed by atoms with Gasteiger partial charge in [0.15, 0.2) is 0 Å². The molecule has 2 aromatic carbocycles. The van der Waals surface area contributed by atoms with Crippen LogP contribution >= 0.6 is 15.9 Å². The van der Waals surface area contributed by atoms with Crippen LogP contribution in [0.1, 0.15) is 5.56 Å². The zero-order chi connectivity index (χ0) is 15.8. The average molecular weight is 377 g/mol. The van der Waals surface area contributed by atoms with Gasteiger partial charge in [0.25, 0.3) is 10.0 Å². The Labute approximate surface area is 129 Å². The van der Waals surface area contributed by atoms with Crippen molar-refractivity contribution < 1.29 is 17.2 Å². The Kier molecular flexibility index (Phi) is 4.20. The number of halogens is 3. The first kappa shape index (κ1) is 15.7. The lowest BCUT2D eigenvalue weighted by Gasteiger charge is -2.12. The number of sulfonamides is 1. The SMILES string of the molecule is Cc1c(N)cccc1S(=O)(=O)Nc1cc(F)c(Br)cc1F. The lowest BCUT2D eigenvalue weighted by Crippen LogP contribution is -2.16. The molecule has 0 spiro atoms. The predicted octanol–water partition coefficient (Wildman–Crippen LogP) is 3.42. The van der Waals surface area contributed by atoms with E-state index in [2.05, 4.69) is 15.9 Å². The normalized spacial score (nSPS) is 11.4. The van der Waals surface area contributed by atoms with Gasteiger partial charge in [-0.2, -0.15) is 0 Å². The fourth-order valence-electron chi connectivity index (χ4n) is 1.72. The van der Waals surface area contributed by atoms with Gasteiger partial charge in [-0.1, -0.05) is 6.07 Å². The molecule has 112 valence electrons. The lowest BCUT2D eigenvalue weighted by atomic mass is 10.2. The predicted molar refractivity (Wildman–Crippen MR) is 80.5 cm³/mol. The van der Waals surface area contributed by atoms with E-state index < -0.39 is 27.3 Å². The van der Waals surface area contributed by atoms with Crippen LogP contribution in [0, 0.1) is 18.6 Å². The second kappa shape index (κ2) is 5.61. The Bertz CT molecular complexity index is 810. The van der Waals surface area contributed by atoms with Crippen molar-refractivity contribution in [2.75, 3.05) is 10.5 Å². The van der Waals surface area contributed by atoms with Crippen molar-refractivity contribution in [1.29, 1.82) is 0 Å². The Morgan fingerprint density at radius 3 is 2.52 bits per heavy atom. The number of nitrogens with two attached hydrogens (primary N) is 1. The van der Waals surface area contributed by atoms with Gasteiger partial charge >= 0.3 is 0 Å². The minimum Gasteiger partial charge on any atom is -0.398 e. The molecule has 2 rings (SSSR count). The topological polar surface area (TPSA) is 72.2 Å². The van der Waals surface area contributed by atoms with E-state index in [1.165, 1.54) is 19.1 Å². The molecule has 0 radical (unpaired) electrons. The van der Waals surface area contributed by atoms with Crippen molar-refractivity contribution in [2.45, 2.75) is 11.8 Å².